The molecule has 0 saturated heterocycles. The largest absolute Gasteiger partial charge is 0.466 e. The van der Waals surface area contributed by atoms with Crippen LogP contribution in [0.25, 0.3) is 0 Å². The molecule has 0 aliphatic carbocycles. The summed E-state index contributed by atoms with van der Waals surface area (Å²) in [4.78, 5) is 24.5. The van der Waals surface area contributed by atoms with Crippen LogP contribution in [0, 0.1) is 0 Å². The minimum atomic E-state index is -0.846. The average Bonchev–Trinajstić information content (AvgIpc) is 3.48. The van der Waals surface area contributed by atoms with E-state index in [1.54, 1.807) is 6.08 Å². The predicted octanol–water partition coefficient (Wildman–Crippen LogP) is 24.3. The molecule has 82 heavy (non-hydrogen) atoms. The van der Waals surface area contributed by atoms with Gasteiger partial charge in [-0.15, -0.1) is 0 Å². The Labute approximate surface area is 513 Å². The van der Waals surface area contributed by atoms with Crippen molar-refractivity contribution in [1.29, 1.82) is 0 Å². The number of carbonyl (C=O) groups excluding carboxylic acids is 2. The zero-order valence-electron chi connectivity index (χ0n) is 55.5. The van der Waals surface area contributed by atoms with E-state index in [1.165, 1.54) is 340 Å². The van der Waals surface area contributed by atoms with E-state index in [0.29, 0.717) is 19.4 Å². The molecule has 0 aromatic heterocycles. The molecule has 0 radical (unpaired) electrons. The highest BCUT2D eigenvalue weighted by atomic mass is 16.5. The normalized spacial score (nSPS) is 12.7. The van der Waals surface area contributed by atoms with Gasteiger partial charge in [0.05, 0.1) is 25.4 Å². The number of rotatable bonds is 70. The Kier molecular flexibility index (Phi) is 69.9. The van der Waals surface area contributed by atoms with Gasteiger partial charge in [-0.2, -0.15) is 0 Å². The number of aliphatic hydroxyl groups is 2. The number of allylic oxidation sites excluding steroid dienone is 5. The van der Waals surface area contributed by atoms with Gasteiger partial charge in [0.2, 0.25) is 5.91 Å². The van der Waals surface area contributed by atoms with Gasteiger partial charge in [-0.05, 0) is 64.2 Å². The third-order valence-corrected chi connectivity index (χ3v) is 17.4. The van der Waals surface area contributed by atoms with Gasteiger partial charge in [0.15, 0.2) is 0 Å². The van der Waals surface area contributed by atoms with Crippen molar-refractivity contribution in [2.24, 2.45) is 0 Å². The van der Waals surface area contributed by atoms with Crippen molar-refractivity contribution >= 4 is 11.9 Å². The number of carbonyl (C=O) groups is 2. The summed E-state index contributed by atoms with van der Waals surface area (Å²) in [5.74, 6) is -0.0499. The Morgan fingerprint density at radius 3 is 0.927 bits per heavy atom. The maximum absolute atomic E-state index is 12.5. The van der Waals surface area contributed by atoms with E-state index in [1.807, 2.05) is 6.08 Å². The second-order valence-corrected chi connectivity index (χ2v) is 25.6. The van der Waals surface area contributed by atoms with Crippen LogP contribution in [-0.2, 0) is 14.3 Å². The molecule has 0 spiro atoms. The molecule has 6 heteroatoms. The van der Waals surface area contributed by atoms with Crippen LogP contribution in [-0.4, -0.2) is 47.4 Å². The number of ether oxygens (including phenoxy) is 1. The molecule has 1 amide bonds. The highest BCUT2D eigenvalue weighted by Crippen LogP contribution is 2.19. The summed E-state index contributed by atoms with van der Waals surface area (Å²) >= 11 is 0. The smallest absolute Gasteiger partial charge is 0.305 e. The van der Waals surface area contributed by atoms with E-state index in [-0.39, 0.29) is 18.5 Å². The highest BCUT2D eigenvalue weighted by Gasteiger charge is 2.18. The summed E-state index contributed by atoms with van der Waals surface area (Å²) in [7, 11) is 0. The van der Waals surface area contributed by atoms with Crippen LogP contribution < -0.4 is 5.32 Å². The lowest BCUT2D eigenvalue weighted by molar-refractivity contribution is -0.143. The molecule has 3 N–H and O–H groups in total. The molecule has 0 bridgehead atoms. The fraction of sp³-hybridized carbons (Fsp3) is 0.895. The van der Waals surface area contributed by atoms with Crippen molar-refractivity contribution in [3.8, 4) is 0 Å². The molecule has 0 aliphatic rings. The van der Waals surface area contributed by atoms with E-state index in [0.717, 1.165) is 44.9 Å². The minimum absolute atomic E-state index is 0.0131. The van der Waals surface area contributed by atoms with Gasteiger partial charge in [-0.1, -0.05) is 371 Å². The quantitative estimate of drug-likeness (QED) is 0.0320. The van der Waals surface area contributed by atoms with Crippen molar-refractivity contribution < 1.29 is 24.5 Å². The van der Waals surface area contributed by atoms with E-state index in [4.69, 9.17) is 4.74 Å². The Balaban J connectivity index is 3.42. The standard InChI is InChI=1S/C76H145NO5/c1-3-5-7-9-11-13-15-16-17-18-19-20-30-33-36-39-42-45-49-52-56-60-64-68-74(79)73(72-78)77-75(80)69-65-61-57-53-50-46-43-40-37-34-31-28-26-24-22-21-23-25-27-29-32-35-38-41-44-47-51-55-59-63-67-71-82-76(81)70-66-62-58-54-48-14-12-10-8-6-4-2/h23,25,29,32,64,68,73-74,78-79H,3-22,24,26-28,30-31,33-63,65-67,69-72H2,1-2H3,(H,77,80)/b25-23-,32-29-,68-64+. The second kappa shape index (κ2) is 71.6. The third-order valence-electron chi connectivity index (χ3n) is 17.4. The summed E-state index contributed by atoms with van der Waals surface area (Å²) < 4.78 is 5.47. The van der Waals surface area contributed by atoms with E-state index < -0.39 is 12.1 Å². The van der Waals surface area contributed by atoms with Crippen molar-refractivity contribution in [3.63, 3.8) is 0 Å². The Hall–Kier alpha value is -1.92. The zero-order valence-corrected chi connectivity index (χ0v) is 55.5. The molecule has 0 aliphatic heterocycles. The molecular weight excluding hydrogens is 1010 g/mol. The molecule has 2 unspecified atom stereocenters. The molecule has 2 atom stereocenters. The lowest BCUT2D eigenvalue weighted by Gasteiger charge is -2.20. The molecule has 0 rings (SSSR count). The number of esters is 1. The molecule has 0 aromatic carbocycles. The number of unbranched alkanes of at least 4 members (excludes halogenated alkanes) is 55. The van der Waals surface area contributed by atoms with Crippen molar-refractivity contribution in [1.82, 2.24) is 5.32 Å². The van der Waals surface area contributed by atoms with Crippen LogP contribution in [0.15, 0.2) is 36.5 Å². The first-order valence-corrected chi connectivity index (χ1v) is 37.3. The third kappa shape index (κ3) is 67.2. The number of hydrogen-bond donors (Lipinski definition) is 3. The van der Waals surface area contributed by atoms with E-state index in [9.17, 15) is 19.8 Å². The number of amides is 1. The van der Waals surface area contributed by atoms with Gasteiger partial charge in [0, 0.05) is 12.8 Å². The van der Waals surface area contributed by atoms with Gasteiger partial charge >= 0.3 is 5.97 Å². The van der Waals surface area contributed by atoms with E-state index >= 15 is 0 Å². The summed E-state index contributed by atoms with van der Waals surface area (Å²) in [6, 6.07) is -0.629. The van der Waals surface area contributed by atoms with Gasteiger partial charge in [0.25, 0.3) is 0 Å². The van der Waals surface area contributed by atoms with E-state index in [2.05, 4.69) is 43.5 Å². The fourth-order valence-corrected chi connectivity index (χ4v) is 11.7. The van der Waals surface area contributed by atoms with Crippen LogP contribution >= 0.6 is 0 Å². The maximum atomic E-state index is 12.5. The fourth-order valence-electron chi connectivity index (χ4n) is 11.7. The van der Waals surface area contributed by atoms with Crippen molar-refractivity contribution in [2.45, 2.75) is 424 Å². The average molecular weight is 1150 g/mol. The summed E-state index contributed by atoms with van der Waals surface area (Å²) in [6.07, 6.45) is 92.4. The number of hydrogen-bond acceptors (Lipinski definition) is 5. The Bertz CT molecular complexity index is 1330. The highest BCUT2D eigenvalue weighted by molar-refractivity contribution is 5.76. The van der Waals surface area contributed by atoms with Crippen LogP contribution in [0.1, 0.15) is 412 Å². The molecule has 484 valence electrons. The Morgan fingerprint density at radius 2 is 0.610 bits per heavy atom. The van der Waals surface area contributed by atoms with Crippen LogP contribution in [0.5, 0.6) is 0 Å². The van der Waals surface area contributed by atoms with Gasteiger partial charge in [0.1, 0.15) is 0 Å². The SMILES string of the molecule is CCCCCCCCCCCCCCCCCCCCCCC/C=C/C(O)C(CO)NC(=O)CCCCCCCCCCCCCCCCC/C=C\C/C=C\CCCCCCCCCCCOC(=O)CCCCCCCCCCCCC. The van der Waals surface area contributed by atoms with Crippen LogP contribution in [0.4, 0.5) is 0 Å². The van der Waals surface area contributed by atoms with Crippen molar-refractivity contribution in [3.05, 3.63) is 36.5 Å². The monoisotopic (exact) mass is 1150 g/mol. The second-order valence-electron chi connectivity index (χ2n) is 25.6. The van der Waals surface area contributed by atoms with Gasteiger partial charge in [-0.25, -0.2) is 0 Å². The topological polar surface area (TPSA) is 95.9 Å². The predicted molar refractivity (Wildman–Crippen MR) is 361 cm³/mol. The first kappa shape index (κ1) is 80.1. The first-order valence-electron chi connectivity index (χ1n) is 37.3. The maximum Gasteiger partial charge on any atom is 0.305 e. The number of aliphatic hydroxyl groups excluding tert-OH is 2. The lowest BCUT2D eigenvalue weighted by atomic mass is 10.0. The van der Waals surface area contributed by atoms with Crippen LogP contribution in [0.3, 0.4) is 0 Å². The molecule has 0 aromatic rings. The van der Waals surface area contributed by atoms with Gasteiger partial charge in [-0.3, -0.25) is 9.59 Å². The summed E-state index contributed by atoms with van der Waals surface area (Å²) in [6.45, 7) is 4.94. The van der Waals surface area contributed by atoms with Crippen molar-refractivity contribution in [2.75, 3.05) is 13.2 Å². The van der Waals surface area contributed by atoms with Gasteiger partial charge < -0.3 is 20.3 Å². The molecule has 0 fully saturated rings. The number of nitrogens with one attached hydrogen (secondary N) is 1. The Morgan fingerprint density at radius 1 is 0.341 bits per heavy atom. The molecule has 6 nitrogen and oxygen atoms in total. The van der Waals surface area contributed by atoms with Crippen LogP contribution in [0.2, 0.25) is 0 Å². The zero-order chi connectivity index (χ0) is 59.2. The summed E-state index contributed by atoms with van der Waals surface area (Å²) in [5, 5.41) is 23.3. The molecular formula is C76H145NO5. The molecule has 0 saturated carbocycles. The molecule has 0 heterocycles. The summed E-state index contributed by atoms with van der Waals surface area (Å²) in [5.41, 5.74) is 0. The lowest BCUT2D eigenvalue weighted by Crippen LogP contribution is -2.45. The minimum Gasteiger partial charge on any atom is -0.466 e. The first-order chi connectivity index (χ1) is 40.5.